The number of ether oxygens (including phenoxy) is 1. The van der Waals surface area contributed by atoms with Crippen molar-refractivity contribution in [1.29, 1.82) is 0 Å². The van der Waals surface area contributed by atoms with Crippen molar-refractivity contribution in [3.8, 4) is 0 Å². The zero-order chi connectivity index (χ0) is 24.7. The van der Waals surface area contributed by atoms with Gasteiger partial charge < -0.3 is 20.1 Å². The minimum atomic E-state index is -1.43. The van der Waals surface area contributed by atoms with Gasteiger partial charge >= 0.3 is 17.8 Å². The summed E-state index contributed by atoms with van der Waals surface area (Å²) >= 11 is 0. The number of rotatable bonds is 10. The number of aromatic amines is 1. The van der Waals surface area contributed by atoms with Gasteiger partial charge in [0.1, 0.15) is 25.2 Å². The molecule has 0 aliphatic rings. The molecule has 0 aliphatic carbocycles. The van der Waals surface area contributed by atoms with E-state index in [2.05, 4.69) is 25.8 Å². The smallest absolute Gasteiger partial charge is 0.408 e. The van der Waals surface area contributed by atoms with Crippen LogP contribution < -0.4 is 16.6 Å². The van der Waals surface area contributed by atoms with Crippen LogP contribution in [0.1, 0.15) is 30.8 Å². The number of hydrogen-bond donors (Lipinski definition) is 3. The number of carbonyl (C=O) groups is 3. The molecule has 2 heterocycles. The average Bonchev–Trinajstić information content (AvgIpc) is 3.25. The number of nitrogens with zero attached hydrogens (tertiary/aromatic N) is 5. The number of nitrogens with one attached hydrogen (secondary N) is 2. The highest BCUT2D eigenvalue weighted by Gasteiger charge is 2.27. The molecule has 14 heteroatoms. The quantitative estimate of drug-likeness (QED) is 0.346. The lowest BCUT2D eigenvalue weighted by Gasteiger charge is -2.17. The summed E-state index contributed by atoms with van der Waals surface area (Å²) in [5, 5.41) is 22.4. The third-order valence-corrected chi connectivity index (χ3v) is 4.79. The molecular formula is C20H21N7O7. The third-order valence-electron chi connectivity index (χ3n) is 4.79. The summed E-state index contributed by atoms with van der Waals surface area (Å²) in [6.07, 6.45) is -0.486. The van der Waals surface area contributed by atoms with Crippen LogP contribution in [0.5, 0.6) is 0 Å². The van der Waals surface area contributed by atoms with Crippen molar-refractivity contribution in [3.63, 3.8) is 0 Å². The van der Waals surface area contributed by atoms with Gasteiger partial charge in [0, 0.05) is 12.3 Å². The van der Waals surface area contributed by atoms with Crippen molar-refractivity contribution in [1.82, 2.24) is 35.1 Å². The topological polar surface area (TPSA) is 191 Å². The Morgan fingerprint density at radius 1 is 1.18 bits per heavy atom. The number of benzene rings is 1. The highest BCUT2D eigenvalue weighted by Crippen LogP contribution is 2.11. The maximum absolute atomic E-state index is 12.8. The van der Waals surface area contributed by atoms with E-state index < -0.39 is 54.1 Å². The van der Waals surface area contributed by atoms with Crippen molar-refractivity contribution < 1.29 is 24.2 Å². The van der Waals surface area contributed by atoms with E-state index in [-0.39, 0.29) is 12.4 Å². The van der Waals surface area contributed by atoms with Crippen LogP contribution in [-0.4, -0.2) is 58.8 Å². The Morgan fingerprint density at radius 2 is 1.91 bits per heavy atom. The van der Waals surface area contributed by atoms with Gasteiger partial charge in [-0.2, -0.15) is 0 Å². The lowest BCUT2D eigenvalue weighted by atomic mass is 10.1. The molecular weight excluding hydrogens is 450 g/mol. The average molecular weight is 471 g/mol. The second kappa shape index (κ2) is 10.8. The van der Waals surface area contributed by atoms with E-state index in [1.807, 2.05) is 0 Å². The molecule has 0 aliphatic heterocycles. The van der Waals surface area contributed by atoms with Crippen LogP contribution in [0, 0.1) is 0 Å². The largest absolute Gasteiger partial charge is 0.481 e. The second-order valence-electron chi connectivity index (χ2n) is 7.18. The molecule has 14 nitrogen and oxygen atoms in total. The molecule has 1 amide bonds. The number of hydrogen-bond acceptors (Lipinski definition) is 9. The summed E-state index contributed by atoms with van der Waals surface area (Å²) in [4.78, 5) is 62.7. The Kier molecular flexibility index (Phi) is 7.63. The van der Waals surface area contributed by atoms with Gasteiger partial charge in [-0.05, 0) is 22.9 Å². The van der Waals surface area contributed by atoms with Gasteiger partial charge in [0.25, 0.3) is 5.56 Å². The fourth-order valence-electron chi connectivity index (χ4n) is 3.12. The molecule has 3 rings (SSSR count). The number of carbonyl (C=O) groups excluding carboxylic acids is 2. The molecule has 178 valence electrons. The molecule has 0 saturated heterocycles. The first kappa shape index (κ1) is 24.0. The Labute approximate surface area is 191 Å². The Bertz CT molecular complexity index is 1250. The predicted octanol–water partition coefficient (Wildman–Crippen LogP) is -0.529. The van der Waals surface area contributed by atoms with E-state index in [0.29, 0.717) is 5.56 Å². The number of alkyl carbamates (subject to hydrolysis) is 1. The van der Waals surface area contributed by atoms with Gasteiger partial charge in [-0.1, -0.05) is 30.3 Å². The van der Waals surface area contributed by atoms with E-state index in [9.17, 15) is 24.0 Å². The summed E-state index contributed by atoms with van der Waals surface area (Å²) in [6, 6.07) is 7.55. The lowest BCUT2D eigenvalue weighted by molar-refractivity contribution is -0.139. The van der Waals surface area contributed by atoms with Crippen LogP contribution in [0.15, 0.2) is 52.2 Å². The Morgan fingerprint density at radius 3 is 2.59 bits per heavy atom. The molecule has 0 spiro atoms. The van der Waals surface area contributed by atoms with Crippen molar-refractivity contribution >= 4 is 17.8 Å². The van der Waals surface area contributed by atoms with E-state index in [4.69, 9.17) is 9.84 Å². The van der Waals surface area contributed by atoms with Crippen LogP contribution in [-0.2, 0) is 27.5 Å². The van der Waals surface area contributed by atoms with E-state index >= 15 is 0 Å². The van der Waals surface area contributed by atoms with E-state index in [0.717, 1.165) is 15.3 Å². The normalized spacial score (nSPS) is 12.5. The summed E-state index contributed by atoms with van der Waals surface area (Å²) < 4.78 is 6.94. The Balaban J connectivity index is 1.72. The number of carboxylic acid groups (broad SMARTS) is 1. The van der Waals surface area contributed by atoms with Crippen molar-refractivity contribution in [3.05, 3.63) is 74.8 Å². The standard InChI is InChI=1S/C20H21N7O7/c1-12(27-16(29)7-8-21-19(27)32)18-23-24-25-26(18)10-15(28)14(9-17(30)31)22-20(33)34-11-13-5-3-2-4-6-13/h2-8,12,14H,9-11H2,1H3,(H,21,32)(H,22,33)(H,30,31). The number of tetrazole rings is 1. The highest BCUT2D eigenvalue weighted by atomic mass is 16.5. The molecule has 2 aromatic heterocycles. The fourth-order valence-corrected chi connectivity index (χ4v) is 3.12. The number of ketones is 1. The molecule has 2 unspecified atom stereocenters. The number of amides is 1. The SMILES string of the molecule is CC(c1nnnn1CC(=O)C(CC(=O)O)NC(=O)OCc1ccccc1)n1c(=O)cc[nH]c1=O. The summed E-state index contributed by atoms with van der Waals surface area (Å²) in [5.74, 6) is -2.05. The van der Waals surface area contributed by atoms with Gasteiger partial charge in [-0.15, -0.1) is 5.10 Å². The van der Waals surface area contributed by atoms with Gasteiger partial charge in [0.05, 0.1) is 6.42 Å². The zero-order valence-corrected chi connectivity index (χ0v) is 18.0. The van der Waals surface area contributed by atoms with Crippen molar-refractivity contribution in [2.75, 3.05) is 0 Å². The zero-order valence-electron chi connectivity index (χ0n) is 18.0. The minimum absolute atomic E-state index is 0.00730. The first-order valence-corrected chi connectivity index (χ1v) is 10.0. The number of aliphatic carboxylic acids is 1. The molecule has 2 atom stereocenters. The molecule has 0 fully saturated rings. The fraction of sp³-hybridized carbons (Fsp3) is 0.300. The van der Waals surface area contributed by atoms with E-state index in [1.54, 1.807) is 30.3 Å². The van der Waals surface area contributed by atoms with Gasteiger partial charge in [-0.3, -0.25) is 14.4 Å². The van der Waals surface area contributed by atoms with Gasteiger partial charge in [-0.25, -0.2) is 18.8 Å². The molecule has 0 radical (unpaired) electrons. The molecule has 1 aromatic carbocycles. The second-order valence-corrected chi connectivity index (χ2v) is 7.18. The highest BCUT2D eigenvalue weighted by molar-refractivity contribution is 5.90. The molecule has 3 aromatic rings. The lowest BCUT2D eigenvalue weighted by Crippen LogP contribution is -2.44. The number of H-pyrrole nitrogens is 1. The predicted molar refractivity (Wildman–Crippen MR) is 114 cm³/mol. The van der Waals surface area contributed by atoms with Crippen LogP contribution in [0.3, 0.4) is 0 Å². The third kappa shape index (κ3) is 5.99. The number of aromatic nitrogens is 6. The first-order chi connectivity index (χ1) is 16.3. The van der Waals surface area contributed by atoms with Crippen molar-refractivity contribution in [2.24, 2.45) is 0 Å². The number of carboxylic acids is 1. The maximum Gasteiger partial charge on any atom is 0.408 e. The van der Waals surface area contributed by atoms with Gasteiger partial charge in [0.2, 0.25) is 0 Å². The minimum Gasteiger partial charge on any atom is -0.481 e. The molecule has 0 saturated carbocycles. The van der Waals surface area contributed by atoms with E-state index in [1.165, 1.54) is 13.1 Å². The summed E-state index contributed by atoms with van der Waals surface area (Å²) in [7, 11) is 0. The Hall–Kier alpha value is -4.62. The monoisotopic (exact) mass is 471 g/mol. The van der Waals surface area contributed by atoms with Crippen molar-refractivity contribution in [2.45, 2.75) is 38.6 Å². The first-order valence-electron chi connectivity index (χ1n) is 10.0. The molecule has 34 heavy (non-hydrogen) atoms. The number of Topliss-reactive ketones (excluding diaryl/α,β-unsaturated/α-hetero) is 1. The summed E-state index contributed by atoms with van der Waals surface area (Å²) in [5.41, 5.74) is -0.603. The van der Waals surface area contributed by atoms with Crippen LogP contribution >= 0.6 is 0 Å². The van der Waals surface area contributed by atoms with Crippen LogP contribution in [0.2, 0.25) is 0 Å². The molecule has 3 N–H and O–H groups in total. The van der Waals surface area contributed by atoms with Crippen LogP contribution in [0.4, 0.5) is 4.79 Å². The maximum atomic E-state index is 12.8. The van der Waals surface area contributed by atoms with Gasteiger partial charge in [0.15, 0.2) is 11.6 Å². The summed E-state index contributed by atoms with van der Waals surface area (Å²) in [6.45, 7) is 0.885. The van der Waals surface area contributed by atoms with Crippen LogP contribution in [0.25, 0.3) is 0 Å². The molecule has 0 bridgehead atoms.